The Hall–Kier alpha value is -1.06. The maximum atomic E-state index is 12.4. The molecule has 18 heavy (non-hydrogen) atoms. The normalized spacial score (nSPS) is 15.4. The molecular formula is C10H14F2IN5. The van der Waals surface area contributed by atoms with Crippen molar-refractivity contribution in [2.45, 2.75) is 31.9 Å². The van der Waals surface area contributed by atoms with E-state index in [1.807, 2.05) is 0 Å². The second-order valence-electron chi connectivity index (χ2n) is 3.82. The van der Waals surface area contributed by atoms with Crippen LogP contribution in [0.15, 0.2) is 17.3 Å². The lowest BCUT2D eigenvalue weighted by Gasteiger charge is -2.03. The van der Waals surface area contributed by atoms with Gasteiger partial charge in [0.25, 0.3) is 6.43 Å². The van der Waals surface area contributed by atoms with Gasteiger partial charge in [0, 0.05) is 12.2 Å². The van der Waals surface area contributed by atoms with Gasteiger partial charge in [-0.15, -0.1) is 24.0 Å². The van der Waals surface area contributed by atoms with Crippen LogP contribution in [0, 0.1) is 0 Å². The number of nitrogens with two attached hydrogens (primary N) is 1. The fraction of sp³-hybridized carbons (Fsp3) is 0.500. The summed E-state index contributed by atoms with van der Waals surface area (Å²) in [5, 5.41) is 2.99. The molecule has 1 aromatic heterocycles. The molecule has 0 aliphatic heterocycles. The number of nitrogens with one attached hydrogen (secondary N) is 1. The molecule has 0 aromatic carbocycles. The van der Waals surface area contributed by atoms with Crippen LogP contribution in [0.2, 0.25) is 0 Å². The first-order valence-corrected chi connectivity index (χ1v) is 5.31. The molecule has 0 amide bonds. The van der Waals surface area contributed by atoms with E-state index in [1.165, 1.54) is 12.3 Å². The van der Waals surface area contributed by atoms with Gasteiger partial charge < -0.3 is 11.1 Å². The van der Waals surface area contributed by atoms with Gasteiger partial charge in [0.15, 0.2) is 5.96 Å². The topological polar surface area (TPSA) is 76.2 Å². The number of nitrogens with zero attached hydrogens (tertiary/aromatic N) is 3. The molecule has 3 N–H and O–H groups in total. The van der Waals surface area contributed by atoms with Crippen LogP contribution in [0.5, 0.6) is 0 Å². The summed E-state index contributed by atoms with van der Waals surface area (Å²) in [5.41, 5.74) is 5.30. The van der Waals surface area contributed by atoms with Crippen molar-refractivity contribution >= 4 is 29.9 Å². The van der Waals surface area contributed by atoms with Crippen molar-refractivity contribution in [2.24, 2.45) is 10.7 Å². The Balaban J connectivity index is 0.00000162. The molecule has 8 heteroatoms. The van der Waals surface area contributed by atoms with Crippen molar-refractivity contribution in [1.29, 1.82) is 0 Å². The first kappa shape index (κ1) is 15.0. The van der Waals surface area contributed by atoms with Crippen LogP contribution >= 0.6 is 24.0 Å². The Morgan fingerprint density at radius 3 is 2.89 bits per heavy atom. The molecule has 0 saturated heterocycles. The van der Waals surface area contributed by atoms with Crippen molar-refractivity contribution in [3.63, 3.8) is 0 Å². The molecule has 1 heterocycles. The van der Waals surface area contributed by atoms with Crippen LogP contribution in [-0.2, 0) is 6.54 Å². The van der Waals surface area contributed by atoms with Gasteiger partial charge in [-0.25, -0.2) is 23.7 Å². The Morgan fingerprint density at radius 2 is 2.28 bits per heavy atom. The summed E-state index contributed by atoms with van der Waals surface area (Å²) < 4.78 is 24.7. The average molecular weight is 369 g/mol. The minimum atomic E-state index is -2.59. The van der Waals surface area contributed by atoms with Crippen molar-refractivity contribution < 1.29 is 8.78 Å². The fourth-order valence-electron chi connectivity index (χ4n) is 1.25. The van der Waals surface area contributed by atoms with Crippen molar-refractivity contribution in [2.75, 3.05) is 0 Å². The predicted octanol–water partition coefficient (Wildman–Crippen LogP) is 1.60. The third kappa shape index (κ3) is 4.67. The predicted molar refractivity (Wildman–Crippen MR) is 73.9 cm³/mol. The van der Waals surface area contributed by atoms with E-state index in [9.17, 15) is 8.78 Å². The molecule has 0 bridgehead atoms. The van der Waals surface area contributed by atoms with E-state index in [-0.39, 0.29) is 42.0 Å². The second kappa shape index (κ2) is 6.76. The maximum absolute atomic E-state index is 12.4. The molecule has 2 rings (SSSR count). The standard InChI is InChI=1S/C10H13F2N5.HI/c11-9(12)7-3-4-14-8(17-7)5-15-10(13)16-6-1-2-6;/h3-4,6,9H,1-2,5H2,(H3,13,15,16);1H. The maximum Gasteiger partial charge on any atom is 0.280 e. The van der Waals surface area contributed by atoms with Gasteiger partial charge in [-0.3, -0.25) is 0 Å². The van der Waals surface area contributed by atoms with E-state index in [1.54, 1.807) is 0 Å². The first-order valence-electron chi connectivity index (χ1n) is 5.31. The zero-order valence-corrected chi connectivity index (χ0v) is 11.8. The minimum Gasteiger partial charge on any atom is -0.370 e. The van der Waals surface area contributed by atoms with Crippen molar-refractivity contribution in [1.82, 2.24) is 15.3 Å². The third-order valence-corrected chi connectivity index (χ3v) is 2.27. The van der Waals surface area contributed by atoms with Gasteiger partial charge in [-0.1, -0.05) is 0 Å². The van der Waals surface area contributed by atoms with Gasteiger partial charge in [0.2, 0.25) is 0 Å². The van der Waals surface area contributed by atoms with Crippen LogP contribution in [-0.4, -0.2) is 22.0 Å². The van der Waals surface area contributed by atoms with Crippen molar-refractivity contribution in [3.05, 3.63) is 23.8 Å². The molecule has 100 valence electrons. The SMILES string of the molecule is I.NC(=NCc1nccc(C(F)F)n1)NC1CC1. The van der Waals surface area contributed by atoms with Crippen LogP contribution in [0.25, 0.3) is 0 Å². The molecule has 0 radical (unpaired) electrons. The Bertz CT molecular complexity index is 422. The van der Waals surface area contributed by atoms with E-state index >= 15 is 0 Å². The molecule has 5 nitrogen and oxygen atoms in total. The summed E-state index contributed by atoms with van der Waals surface area (Å²) in [7, 11) is 0. The molecule has 1 aromatic rings. The number of hydrogen-bond donors (Lipinski definition) is 2. The Labute approximate surface area is 120 Å². The number of aromatic nitrogens is 2. The first-order chi connectivity index (χ1) is 8.15. The van der Waals surface area contributed by atoms with E-state index < -0.39 is 6.43 Å². The van der Waals surface area contributed by atoms with Crippen LogP contribution < -0.4 is 11.1 Å². The minimum absolute atomic E-state index is 0. The quantitative estimate of drug-likeness (QED) is 0.480. The highest BCUT2D eigenvalue weighted by Crippen LogP contribution is 2.18. The number of aliphatic imine (C=N–C) groups is 1. The zero-order chi connectivity index (χ0) is 12.3. The van der Waals surface area contributed by atoms with Crippen LogP contribution in [0.1, 0.15) is 30.8 Å². The third-order valence-electron chi connectivity index (χ3n) is 2.27. The number of hydrogen-bond acceptors (Lipinski definition) is 3. The summed E-state index contributed by atoms with van der Waals surface area (Å²) in [6.45, 7) is 0.103. The molecule has 1 aliphatic carbocycles. The van der Waals surface area contributed by atoms with Gasteiger partial charge >= 0.3 is 0 Å². The lowest BCUT2D eigenvalue weighted by Crippen LogP contribution is -2.33. The second-order valence-corrected chi connectivity index (χ2v) is 3.82. The molecule has 0 spiro atoms. The number of halogens is 3. The van der Waals surface area contributed by atoms with Crippen molar-refractivity contribution in [3.8, 4) is 0 Å². The molecule has 0 unspecified atom stereocenters. The van der Waals surface area contributed by atoms with Crippen LogP contribution in [0.4, 0.5) is 8.78 Å². The summed E-state index contributed by atoms with van der Waals surface area (Å²) in [6.07, 6.45) is 0.882. The highest BCUT2D eigenvalue weighted by Gasteiger charge is 2.21. The number of rotatable bonds is 4. The molecule has 0 atom stereocenters. The Morgan fingerprint density at radius 1 is 1.56 bits per heavy atom. The molecule has 1 fully saturated rings. The van der Waals surface area contributed by atoms with Gasteiger partial charge in [-0.2, -0.15) is 0 Å². The number of alkyl halides is 2. The lowest BCUT2D eigenvalue weighted by atomic mass is 10.4. The smallest absolute Gasteiger partial charge is 0.280 e. The lowest BCUT2D eigenvalue weighted by molar-refractivity contribution is 0.145. The van der Waals surface area contributed by atoms with E-state index in [0.29, 0.717) is 12.0 Å². The van der Waals surface area contributed by atoms with E-state index in [0.717, 1.165) is 12.8 Å². The number of guanidine groups is 1. The van der Waals surface area contributed by atoms with Gasteiger partial charge in [0.05, 0.1) is 0 Å². The van der Waals surface area contributed by atoms with Gasteiger partial charge in [0.1, 0.15) is 18.1 Å². The highest BCUT2D eigenvalue weighted by molar-refractivity contribution is 14.0. The van der Waals surface area contributed by atoms with Gasteiger partial charge in [-0.05, 0) is 18.9 Å². The van der Waals surface area contributed by atoms with E-state index in [2.05, 4.69) is 20.3 Å². The summed E-state index contributed by atoms with van der Waals surface area (Å²) in [4.78, 5) is 11.5. The Kier molecular flexibility index (Phi) is 5.63. The summed E-state index contributed by atoms with van der Waals surface area (Å²) >= 11 is 0. The molecule has 1 saturated carbocycles. The van der Waals surface area contributed by atoms with Crippen LogP contribution in [0.3, 0.4) is 0 Å². The zero-order valence-electron chi connectivity index (χ0n) is 9.51. The highest BCUT2D eigenvalue weighted by atomic mass is 127. The largest absolute Gasteiger partial charge is 0.370 e. The summed E-state index contributed by atoms with van der Waals surface area (Å²) in [5.74, 6) is 0.543. The average Bonchev–Trinajstić information content (AvgIpc) is 3.11. The monoisotopic (exact) mass is 369 g/mol. The molecule has 1 aliphatic rings. The molecular weight excluding hydrogens is 355 g/mol. The summed E-state index contributed by atoms with van der Waals surface area (Å²) in [6, 6.07) is 1.59. The fourth-order valence-corrected chi connectivity index (χ4v) is 1.25. The van der Waals surface area contributed by atoms with E-state index in [4.69, 9.17) is 5.73 Å².